The number of hydrogen-bond donors (Lipinski definition) is 0. The molecule has 0 N–H and O–H groups in total. The van der Waals surface area contributed by atoms with E-state index in [2.05, 4.69) is 0 Å². The van der Waals surface area contributed by atoms with Gasteiger partial charge in [-0.1, -0.05) is 50.0 Å². The van der Waals surface area contributed by atoms with Crippen molar-refractivity contribution in [1.82, 2.24) is 0 Å². The van der Waals surface area contributed by atoms with Crippen LogP contribution >= 0.6 is 7.53 Å². The Labute approximate surface area is 213 Å². The van der Waals surface area contributed by atoms with Crippen LogP contribution < -0.4 is 59.1 Å². The van der Waals surface area contributed by atoms with Gasteiger partial charge in [0, 0.05) is 15.5 Å². The molecule has 0 aliphatic carbocycles. The molecule has 1 aromatic heterocycles. The molecular weight excluding hydrogens is 453 g/mol. The van der Waals surface area contributed by atoms with Crippen molar-refractivity contribution < 1.29 is 85.1 Å². The average Bonchev–Trinajstić information content (AvgIpc) is 2.94. The van der Waals surface area contributed by atoms with Crippen molar-refractivity contribution in [2.24, 2.45) is 0 Å². The number of fused-ring (bicyclic) bond motifs is 3. The zero-order valence-corrected chi connectivity index (χ0v) is 22.1. The fourth-order valence-corrected chi connectivity index (χ4v) is 7.04. The van der Waals surface area contributed by atoms with Crippen LogP contribution in [0.3, 0.4) is 0 Å². The molecule has 0 fully saturated rings. The minimum atomic E-state index is -4.63. The summed E-state index contributed by atoms with van der Waals surface area (Å²) in [5.74, 6) is 0. The number of rotatable bonds is 3. The molecule has 29 heavy (non-hydrogen) atoms. The Morgan fingerprint density at radius 1 is 0.621 bits per heavy atom. The predicted molar refractivity (Wildman–Crippen MR) is 101 cm³/mol. The molecule has 0 aliphatic heterocycles. The predicted octanol–water partition coefficient (Wildman–Crippen LogP) is -2.21. The largest absolute Gasteiger partial charge is 1.00 e. The molecule has 6 nitrogen and oxygen atoms in total. The Morgan fingerprint density at radius 3 is 1.86 bits per heavy atom. The molecule has 0 amide bonds. The average molecular weight is 464 g/mol. The molecule has 0 radical (unpaired) electrons. The summed E-state index contributed by atoms with van der Waals surface area (Å²) in [6.07, 6.45) is 0. The van der Waals surface area contributed by atoms with Crippen LogP contribution in [0.4, 0.5) is 0 Å². The summed E-state index contributed by atoms with van der Waals surface area (Å²) in [5.41, 5.74) is 0. The van der Waals surface area contributed by atoms with E-state index in [0.29, 0.717) is 10.4 Å². The zero-order valence-electron chi connectivity index (χ0n) is 15.6. The number of hydrogen-bond acceptors (Lipinski definition) is 6. The van der Waals surface area contributed by atoms with E-state index in [9.17, 15) is 25.9 Å². The SMILES string of the molecule is O=S(=O)([O-])c1cccc(-p2c3ccccc3c3ccc(S(=O)(=O)[O-])cc32)c1.[Na+].[Na+]. The molecule has 1 unspecified atom stereocenters. The van der Waals surface area contributed by atoms with Crippen LogP contribution in [0, 0.1) is 0 Å². The summed E-state index contributed by atoms with van der Waals surface area (Å²) >= 11 is 0. The fourth-order valence-electron chi connectivity index (χ4n) is 3.16. The summed E-state index contributed by atoms with van der Waals surface area (Å²) in [6.45, 7) is 0. The van der Waals surface area contributed by atoms with Crippen LogP contribution in [0.1, 0.15) is 0 Å². The summed E-state index contributed by atoms with van der Waals surface area (Å²) < 4.78 is 68.6. The van der Waals surface area contributed by atoms with Crippen LogP contribution in [-0.2, 0) is 20.2 Å². The van der Waals surface area contributed by atoms with Crippen LogP contribution in [0.2, 0.25) is 0 Å². The third kappa shape index (κ3) is 4.84. The van der Waals surface area contributed by atoms with Gasteiger partial charge in [0.15, 0.2) is 0 Å². The van der Waals surface area contributed by atoms with Gasteiger partial charge in [-0.15, -0.1) is 0 Å². The second-order valence-corrected chi connectivity index (χ2v) is 10.8. The quantitative estimate of drug-likeness (QED) is 0.251. The molecule has 0 saturated heterocycles. The maximum atomic E-state index is 11.5. The first-order chi connectivity index (χ1) is 12.7. The summed E-state index contributed by atoms with van der Waals surface area (Å²) in [7, 11) is -10.6. The second kappa shape index (κ2) is 9.10. The van der Waals surface area contributed by atoms with Gasteiger partial charge >= 0.3 is 59.1 Å². The van der Waals surface area contributed by atoms with Gasteiger partial charge in [0.25, 0.3) is 0 Å². The Hall–Kier alpha value is -0.220. The van der Waals surface area contributed by atoms with Gasteiger partial charge in [-0.05, 0) is 35.0 Å². The van der Waals surface area contributed by atoms with Crippen LogP contribution in [0.5, 0.6) is 0 Å². The maximum Gasteiger partial charge on any atom is 1.00 e. The first kappa shape index (κ1) is 25.0. The minimum Gasteiger partial charge on any atom is -0.744 e. The van der Waals surface area contributed by atoms with E-state index in [0.717, 1.165) is 15.9 Å². The molecule has 0 spiro atoms. The molecule has 4 rings (SSSR count). The van der Waals surface area contributed by atoms with Crippen molar-refractivity contribution >= 4 is 48.8 Å². The summed E-state index contributed by atoms with van der Waals surface area (Å²) in [6, 6.07) is 17.4. The van der Waals surface area contributed by atoms with Crippen molar-refractivity contribution in [1.29, 1.82) is 0 Å². The monoisotopic (exact) mass is 464 g/mol. The van der Waals surface area contributed by atoms with Crippen molar-refractivity contribution in [2.75, 3.05) is 0 Å². The van der Waals surface area contributed by atoms with E-state index in [4.69, 9.17) is 0 Å². The smallest absolute Gasteiger partial charge is 0.744 e. The van der Waals surface area contributed by atoms with Gasteiger partial charge in [-0.25, -0.2) is 16.8 Å². The van der Waals surface area contributed by atoms with Crippen molar-refractivity contribution in [2.45, 2.75) is 9.79 Å². The summed E-state index contributed by atoms with van der Waals surface area (Å²) in [4.78, 5) is -0.685. The third-order valence-corrected chi connectivity index (χ3v) is 8.48. The van der Waals surface area contributed by atoms with Crippen molar-refractivity contribution in [3.05, 3.63) is 66.7 Å². The van der Waals surface area contributed by atoms with E-state index in [1.807, 2.05) is 24.3 Å². The Balaban J connectivity index is 0.00000150. The van der Waals surface area contributed by atoms with Gasteiger partial charge in [-0.3, -0.25) is 0 Å². The maximum absolute atomic E-state index is 11.5. The van der Waals surface area contributed by atoms with E-state index in [1.54, 1.807) is 12.1 Å². The molecule has 1 heterocycles. The Morgan fingerprint density at radius 2 is 1.21 bits per heavy atom. The first-order valence-electron chi connectivity index (χ1n) is 7.72. The molecular formula is C18H11Na2O6PS2. The molecule has 0 saturated carbocycles. The van der Waals surface area contributed by atoms with Crippen molar-refractivity contribution in [3.63, 3.8) is 0 Å². The van der Waals surface area contributed by atoms with E-state index >= 15 is 0 Å². The second-order valence-electron chi connectivity index (χ2n) is 5.94. The van der Waals surface area contributed by atoms with Gasteiger partial charge in [0.2, 0.25) is 0 Å². The Bertz CT molecular complexity index is 1430. The van der Waals surface area contributed by atoms with Crippen LogP contribution in [0.25, 0.3) is 26.3 Å². The molecule has 1 atom stereocenters. The molecule has 4 aromatic rings. The van der Waals surface area contributed by atoms with Gasteiger partial charge in [0.05, 0.1) is 9.79 Å². The molecule has 11 heteroatoms. The summed E-state index contributed by atoms with van der Waals surface area (Å²) in [5, 5.41) is 3.82. The van der Waals surface area contributed by atoms with E-state index < -0.39 is 27.8 Å². The van der Waals surface area contributed by atoms with Gasteiger partial charge in [0.1, 0.15) is 20.2 Å². The van der Waals surface area contributed by atoms with Crippen LogP contribution in [-0.4, -0.2) is 25.9 Å². The molecule has 0 bridgehead atoms. The fraction of sp³-hybridized carbons (Fsp3) is 0. The van der Waals surface area contributed by atoms with E-state index in [1.165, 1.54) is 30.3 Å². The van der Waals surface area contributed by atoms with Gasteiger partial charge < -0.3 is 9.11 Å². The molecule has 138 valence electrons. The normalized spacial score (nSPS) is 12.4. The standard InChI is InChI=1S/C18H13O6PS2.2Na/c19-26(20,21)13-5-3-4-12(10-13)25-17-7-2-1-6-15(17)16-9-8-14(11-18(16)25)27(22,23)24;;/h1-11H,(H,19,20,21)(H,22,23,24);;/q;2*+1/p-2. The minimum absolute atomic E-state index is 0. The zero-order chi connectivity index (χ0) is 19.4. The topological polar surface area (TPSA) is 114 Å². The van der Waals surface area contributed by atoms with Gasteiger partial charge in [-0.2, -0.15) is 0 Å². The Kier molecular flexibility index (Phi) is 7.86. The first-order valence-corrected chi connectivity index (χ1v) is 11.9. The third-order valence-electron chi connectivity index (χ3n) is 4.30. The van der Waals surface area contributed by atoms with E-state index in [-0.39, 0.29) is 68.9 Å². The molecule has 3 aromatic carbocycles. The van der Waals surface area contributed by atoms with Crippen LogP contribution in [0.15, 0.2) is 76.5 Å². The number of benzene rings is 3. The van der Waals surface area contributed by atoms with Crippen molar-refractivity contribution in [3.8, 4) is 5.30 Å². The molecule has 0 aliphatic rings.